The molecule has 34 heavy (non-hydrogen) atoms. The average molecular weight is 478 g/mol. The first-order valence-corrected chi connectivity index (χ1v) is 12.0. The number of rotatable bonds is 2. The molecule has 5 nitrogen and oxygen atoms in total. The van der Waals surface area contributed by atoms with E-state index >= 15 is 0 Å². The van der Waals surface area contributed by atoms with Crippen LogP contribution in [-0.4, -0.2) is 19.5 Å². The zero-order valence-corrected chi connectivity index (χ0v) is 19.3. The molecule has 0 saturated heterocycles. The van der Waals surface area contributed by atoms with Gasteiger partial charge in [-0.05, 0) is 48.0 Å². The van der Waals surface area contributed by atoms with Gasteiger partial charge < -0.3 is 0 Å². The van der Waals surface area contributed by atoms with Crippen molar-refractivity contribution in [2.24, 2.45) is 0 Å². The van der Waals surface area contributed by atoms with Gasteiger partial charge in [0.15, 0.2) is 0 Å². The van der Waals surface area contributed by atoms with Gasteiger partial charge in [0.2, 0.25) is 17.2 Å². The van der Waals surface area contributed by atoms with E-state index in [9.17, 15) is 0 Å². The molecule has 0 bridgehead atoms. The van der Waals surface area contributed by atoms with Gasteiger partial charge in [0.25, 0.3) is 0 Å². The number of hydrogen-bond donors (Lipinski definition) is 0. The lowest BCUT2D eigenvalue weighted by Crippen LogP contribution is -2.19. The summed E-state index contributed by atoms with van der Waals surface area (Å²) >= 11 is 8.28. The molecule has 0 fully saturated rings. The van der Waals surface area contributed by atoms with Crippen LogP contribution in [0.3, 0.4) is 0 Å². The highest BCUT2D eigenvalue weighted by atomic mass is 35.5. The van der Waals surface area contributed by atoms with E-state index in [1.54, 1.807) is 11.8 Å². The lowest BCUT2D eigenvalue weighted by atomic mass is 10.2. The van der Waals surface area contributed by atoms with E-state index in [2.05, 4.69) is 68.0 Å². The van der Waals surface area contributed by atoms with Crippen LogP contribution in [0.5, 0.6) is 0 Å². The molecule has 0 amide bonds. The van der Waals surface area contributed by atoms with Crippen molar-refractivity contribution in [3.05, 3.63) is 102 Å². The zero-order chi connectivity index (χ0) is 22.6. The van der Waals surface area contributed by atoms with Crippen molar-refractivity contribution in [2.75, 3.05) is 4.90 Å². The molecule has 0 aliphatic carbocycles. The number of fused-ring (bicyclic) bond motifs is 5. The first-order chi connectivity index (χ1) is 16.8. The van der Waals surface area contributed by atoms with Crippen LogP contribution in [0.15, 0.2) is 107 Å². The molecule has 6 aromatic rings. The van der Waals surface area contributed by atoms with E-state index in [0.29, 0.717) is 11.9 Å². The van der Waals surface area contributed by atoms with Gasteiger partial charge in [-0.2, -0.15) is 15.0 Å². The minimum absolute atomic E-state index is 0.148. The molecule has 4 aromatic carbocycles. The van der Waals surface area contributed by atoms with Crippen molar-refractivity contribution in [3.8, 4) is 5.95 Å². The minimum atomic E-state index is 0.148. The highest BCUT2D eigenvalue weighted by Crippen LogP contribution is 2.50. The quantitative estimate of drug-likeness (QED) is 0.257. The Labute approximate surface area is 204 Å². The van der Waals surface area contributed by atoms with Gasteiger partial charge in [-0.25, -0.2) is 0 Å². The zero-order valence-electron chi connectivity index (χ0n) is 17.8. The number of hydrogen-bond acceptors (Lipinski definition) is 5. The van der Waals surface area contributed by atoms with Crippen molar-refractivity contribution in [3.63, 3.8) is 0 Å². The van der Waals surface area contributed by atoms with E-state index in [1.807, 2.05) is 48.5 Å². The summed E-state index contributed by atoms with van der Waals surface area (Å²) in [6.45, 7) is 0. The molecular weight excluding hydrogens is 462 g/mol. The van der Waals surface area contributed by atoms with Gasteiger partial charge in [0.05, 0.1) is 22.4 Å². The molecule has 1 aliphatic heterocycles. The Kier molecular flexibility index (Phi) is 4.37. The summed E-state index contributed by atoms with van der Waals surface area (Å²) in [5, 5.41) is 2.43. The van der Waals surface area contributed by atoms with Gasteiger partial charge >= 0.3 is 0 Å². The second kappa shape index (κ2) is 7.58. The third-order valence-electron chi connectivity index (χ3n) is 6.00. The van der Waals surface area contributed by atoms with Crippen LogP contribution in [-0.2, 0) is 0 Å². The highest BCUT2D eigenvalue weighted by molar-refractivity contribution is 7.99. The molecule has 1 aliphatic rings. The molecule has 0 atom stereocenters. The van der Waals surface area contributed by atoms with Gasteiger partial charge in [0, 0.05) is 20.6 Å². The summed E-state index contributed by atoms with van der Waals surface area (Å²) in [5.41, 5.74) is 4.07. The Morgan fingerprint density at radius 2 is 1.06 bits per heavy atom. The normalized spacial score (nSPS) is 12.7. The fraction of sp³-hybridized carbons (Fsp3) is 0. The standard InChI is InChI=1S/C27H16ClN5S/c28-25-29-26(32-19-11-3-1-9-17(19)18-10-2-4-12-20(18)32)31-27(30-25)33-21-13-5-7-15-23(21)34-24-16-8-6-14-22(24)33/h1-16H. The van der Waals surface area contributed by atoms with Crippen LogP contribution in [0.2, 0.25) is 5.28 Å². The lowest BCUT2D eigenvalue weighted by Gasteiger charge is -2.31. The maximum absolute atomic E-state index is 6.54. The fourth-order valence-electron chi connectivity index (χ4n) is 4.59. The first kappa shape index (κ1) is 19.6. The van der Waals surface area contributed by atoms with Crippen LogP contribution >= 0.6 is 23.4 Å². The van der Waals surface area contributed by atoms with Crippen molar-refractivity contribution in [1.29, 1.82) is 0 Å². The number of para-hydroxylation sites is 4. The van der Waals surface area contributed by atoms with Gasteiger partial charge in [-0.15, -0.1) is 0 Å². The summed E-state index contributed by atoms with van der Waals surface area (Å²) < 4.78 is 2.05. The average Bonchev–Trinajstić information content (AvgIpc) is 3.21. The number of halogens is 1. The molecule has 7 rings (SSSR count). The second-order valence-electron chi connectivity index (χ2n) is 7.95. The SMILES string of the molecule is Clc1nc(N2c3ccccc3Sc3ccccc32)nc(-n2c3ccccc3c3ccccc32)n1. The molecule has 0 saturated carbocycles. The van der Waals surface area contributed by atoms with E-state index in [-0.39, 0.29) is 5.28 Å². The van der Waals surface area contributed by atoms with Crippen LogP contribution in [0.4, 0.5) is 17.3 Å². The van der Waals surface area contributed by atoms with Crippen LogP contribution in [0.25, 0.3) is 27.8 Å². The van der Waals surface area contributed by atoms with Crippen molar-refractivity contribution in [2.45, 2.75) is 9.79 Å². The number of aromatic nitrogens is 4. The summed E-state index contributed by atoms with van der Waals surface area (Å²) in [6, 6.07) is 33.0. The van der Waals surface area contributed by atoms with Crippen molar-refractivity contribution >= 4 is 62.5 Å². The molecule has 2 aromatic heterocycles. The first-order valence-electron chi connectivity index (χ1n) is 10.8. The maximum Gasteiger partial charge on any atom is 0.240 e. The van der Waals surface area contributed by atoms with Gasteiger partial charge in [-0.3, -0.25) is 9.47 Å². The number of nitrogens with zero attached hydrogens (tertiary/aromatic N) is 5. The molecule has 0 radical (unpaired) electrons. The summed E-state index contributed by atoms with van der Waals surface area (Å²) in [6.07, 6.45) is 0. The van der Waals surface area contributed by atoms with Crippen LogP contribution in [0.1, 0.15) is 0 Å². The van der Waals surface area contributed by atoms with Crippen molar-refractivity contribution in [1.82, 2.24) is 19.5 Å². The molecular formula is C27H16ClN5S. The molecule has 3 heterocycles. The third-order valence-corrected chi connectivity index (χ3v) is 7.30. The second-order valence-corrected chi connectivity index (χ2v) is 9.37. The lowest BCUT2D eigenvalue weighted by molar-refractivity contribution is 0.920. The predicted octanol–water partition coefficient (Wildman–Crippen LogP) is 7.56. The number of benzene rings is 4. The van der Waals surface area contributed by atoms with Crippen LogP contribution in [0, 0.1) is 0 Å². The van der Waals surface area contributed by atoms with E-state index in [1.165, 1.54) is 0 Å². The molecule has 0 N–H and O–H groups in total. The Bertz CT molecular complexity index is 1630. The van der Waals surface area contributed by atoms with Crippen molar-refractivity contribution < 1.29 is 0 Å². The summed E-state index contributed by atoms with van der Waals surface area (Å²) in [4.78, 5) is 18.4. The molecule has 7 heteroatoms. The Hall–Kier alpha value is -3.87. The highest BCUT2D eigenvalue weighted by Gasteiger charge is 2.27. The summed E-state index contributed by atoms with van der Waals surface area (Å²) in [5.74, 6) is 0.970. The summed E-state index contributed by atoms with van der Waals surface area (Å²) in [7, 11) is 0. The van der Waals surface area contributed by atoms with E-state index in [0.717, 1.165) is 43.0 Å². The smallest absolute Gasteiger partial charge is 0.240 e. The Balaban J connectivity index is 1.51. The topological polar surface area (TPSA) is 46.8 Å². The monoisotopic (exact) mass is 477 g/mol. The predicted molar refractivity (Wildman–Crippen MR) is 138 cm³/mol. The Morgan fingerprint density at radius 1 is 0.559 bits per heavy atom. The molecule has 0 spiro atoms. The van der Waals surface area contributed by atoms with E-state index in [4.69, 9.17) is 16.6 Å². The molecule has 162 valence electrons. The van der Waals surface area contributed by atoms with Gasteiger partial charge in [0.1, 0.15) is 0 Å². The van der Waals surface area contributed by atoms with Crippen LogP contribution < -0.4 is 4.90 Å². The largest absolute Gasteiger partial charge is 0.278 e. The van der Waals surface area contributed by atoms with E-state index < -0.39 is 0 Å². The Morgan fingerprint density at radius 3 is 1.68 bits per heavy atom. The van der Waals surface area contributed by atoms with Gasteiger partial charge in [-0.1, -0.05) is 72.4 Å². The third kappa shape index (κ3) is 2.93. The number of anilines is 3. The maximum atomic E-state index is 6.54. The fourth-order valence-corrected chi connectivity index (χ4v) is 5.80. The molecule has 0 unspecified atom stereocenters. The minimum Gasteiger partial charge on any atom is -0.278 e.